The molecule has 3 rings (SSSR count). The zero-order valence-corrected chi connectivity index (χ0v) is 12.9. The van der Waals surface area contributed by atoms with Crippen LogP contribution in [0.1, 0.15) is 23.7 Å². The minimum absolute atomic E-state index is 0.239. The Kier molecular flexibility index (Phi) is 4.19. The maximum atomic E-state index is 12.7. The Bertz CT molecular complexity index is 839. The number of aromatic nitrogens is 1. The number of ether oxygens (including phenoxy) is 1. The fraction of sp³-hybridized carbons (Fsp3) is 0.167. The standard InChI is InChI=1S/C18H19N3O2/c1-2-11-23-17-13(5-3-6-14(17)19)18(22)21-16-8-4-7-15-12(16)9-10-20-15/h3-10,20H,2,11,19H2,1H3,(H,21,22). The Hall–Kier alpha value is -2.95. The smallest absolute Gasteiger partial charge is 0.259 e. The van der Waals surface area contributed by atoms with E-state index in [1.807, 2.05) is 37.4 Å². The van der Waals surface area contributed by atoms with Gasteiger partial charge in [0.25, 0.3) is 5.91 Å². The summed E-state index contributed by atoms with van der Waals surface area (Å²) in [5, 5.41) is 3.90. The minimum atomic E-state index is -0.239. The molecule has 0 aliphatic heterocycles. The number of benzene rings is 2. The topological polar surface area (TPSA) is 80.1 Å². The highest BCUT2D eigenvalue weighted by atomic mass is 16.5. The highest BCUT2D eigenvalue weighted by Crippen LogP contribution is 2.29. The second-order valence-electron chi connectivity index (χ2n) is 5.27. The third kappa shape index (κ3) is 2.99. The number of H-pyrrole nitrogens is 1. The fourth-order valence-corrected chi connectivity index (χ4v) is 2.48. The van der Waals surface area contributed by atoms with Gasteiger partial charge < -0.3 is 20.8 Å². The van der Waals surface area contributed by atoms with Crippen LogP contribution in [0.2, 0.25) is 0 Å². The van der Waals surface area contributed by atoms with Gasteiger partial charge >= 0.3 is 0 Å². The van der Waals surface area contributed by atoms with Gasteiger partial charge in [0.1, 0.15) is 0 Å². The van der Waals surface area contributed by atoms with Crippen LogP contribution in [0.25, 0.3) is 10.9 Å². The molecule has 4 N–H and O–H groups in total. The van der Waals surface area contributed by atoms with Crippen molar-refractivity contribution in [3.05, 3.63) is 54.2 Å². The zero-order valence-electron chi connectivity index (χ0n) is 12.9. The molecule has 2 aromatic carbocycles. The molecule has 0 saturated heterocycles. The lowest BCUT2D eigenvalue weighted by molar-refractivity contribution is 0.102. The maximum Gasteiger partial charge on any atom is 0.259 e. The molecule has 0 atom stereocenters. The lowest BCUT2D eigenvalue weighted by atomic mass is 10.1. The van der Waals surface area contributed by atoms with Gasteiger partial charge in [0.15, 0.2) is 5.75 Å². The number of nitrogens with two attached hydrogens (primary N) is 1. The summed E-state index contributed by atoms with van der Waals surface area (Å²) in [6.45, 7) is 2.52. The number of carbonyl (C=O) groups excluding carboxylic acids is 1. The summed E-state index contributed by atoms with van der Waals surface area (Å²) in [5.74, 6) is 0.199. The summed E-state index contributed by atoms with van der Waals surface area (Å²) < 4.78 is 5.66. The normalized spacial score (nSPS) is 10.7. The van der Waals surface area contributed by atoms with Crippen LogP contribution in [0.3, 0.4) is 0 Å². The highest BCUT2D eigenvalue weighted by Gasteiger charge is 2.16. The van der Waals surface area contributed by atoms with Gasteiger partial charge in [-0.05, 0) is 36.8 Å². The van der Waals surface area contributed by atoms with E-state index >= 15 is 0 Å². The number of anilines is 2. The minimum Gasteiger partial charge on any atom is -0.491 e. The quantitative estimate of drug-likeness (QED) is 0.627. The molecule has 1 heterocycles. The molecule has 0 radical (unpaired) electrons. The predicted molar refractivity (Wildman–Crippen MR) is 92.9 cm³/mol. The van der Waals surface area contributed by atoms with Crippen molar-refractivity contribution in [3.63, 3.8) is 0 Å². The van der Waals surface area contributed by atoms with Crippen molar-refractivity contribution in [1.82, 2.24) is 4.98 Å². The van der Waals surface area contributed by atoms with Gasteiger partial charge in [0.2, 0.25) is 0 Å². The van der Waals surface area contributed by atoms with Gasteiger partial charge in [-0.2, -0.15) is 0 Å². The van der Waals surface area contributed by atoms with Crippen molar-refractivity contribution in [2.45, 2.75) is 13.3 Å². The van der Waals surface area contributed by atoms with Gasteiger partial charge in [-0.3, -0.25) is 4.79 Å². The molecule has 5 heteroatoms. The number of rotatable bonds is 5. The Labute approximate surface area is 134 Å². The highest BCUT2D eigenvalue weighted by molar-refractivity contribution is 6.10. The Morgan fingerprint density at radius 1 is 1.22 bits per heavy atom. The summed E-state index contributed by atoms with van der Waals surface area (Å²) in [4.78, 5) is 15.8. The first kappa shape index (κ1) is 15.0. The van der Waals surface area contributed by atoms with E-state index in [0.717, 1.165) is 23.0 Å². The SMILES string of the molecule is CCCOc1c(N)cccc1C(=O)Nc1cccc2[nH]ccc12. The van der Waals surface area contributed by atoms with E-state index in [9.17, 15) is 4.79 Å². The fourth-order valence-electron chi connectivity index (χ4n) is 2.48. The predicted octanol–water partition coefficient (Wildman–Crippen LogP) is 3.79. The average molecular weight is 309 g/mol. The third-order valence-corrected chi connectivity index (χ3v) is 3.58. The van der Waals surface area contributed by atoms with E-state index in [-0.39, 0.29) is 5.91 Å². The van der Waals surface area contributed by atoms with Crippen molar-refractivity contribution < 1.29 is 9.53 Å². The second kappa shape index (κ2) is 6.44. The molecule has 3 aromatic rings. The van der Waals surface area contributed by atoms with Gasteiger partial charge in [-0.25, -0.2) is 0 Å². The number of hydrogen-bond donors (Lipinski definition) is 3. The number of nitrogens with one attached hydrogen (secondary N) is 2. The molecule has 0 unspecified atom stereocenters. The summed E-state index contributed by atoms with van der Waals surface area (Å²) in [7, 11) is 0. The van der Waals surface area contributed by atoms with Crippen molar-refractivity contribution in [3.8, 4) is 5.75 Å². The number of carbonyl (C=O) groups is 1. The molecule has 0 aliphatic rings. The molecule has 5 nitrogen and oxygen atoms in total. The first-order chi connectivity index (χ1) is 11.2. The number of amides is 1. The van der Waals surface area contributed by atoms with Crippen molar-refractivity contribution in [1.29, 1.82) is 0 Å². The van der Waals surface area contributed by atoms with Crippen LogP contribution in [0.5, 0.6) is 5.75 Å². The molecule has 0 fully saturated rings. The van der Waals surface area contributed by atoms with Crippen molar-refractivity contribution in [2.75, 3.05) is 17.7 Å². The van der Waals surface area contributed by atoms with Crippen LogP contribution >= 0.6 is 0 Å². The van der Waals surface area contributed by atoms with Crippen LogP contribution in [0.15, 0.2) is 48.7 Å². The van der Waals surface area contributed by atoms with E-state index in [1.54, 1.807) is 18.2 Å². The second-order valence-corrected chi connectivity index (χ2v) is 5.27. The largest absolute Gasteiger partial charge is 0.491 e. The first-order valence-electron chi connectivity index (χ1n) is 7.59. The summed E-state index contributed by atoms with van der Waals surface area (Å²) in [5.41, 5.74) is 8.58. The number of nitrogen functional groups attached to an aromatic ring is 1. The maximum absolute atomic E-state index is 12.7. The average Bonchev–Trinajstić information content (AvgIpc) is 3.03. The molecule has 0 saturated carbocycles. The third-order valence-electron chi connectivity index (χ3n) is 3.58. The van der Waals surface area contributed by atoms with Crippen molar-refractivity contribution in [2.24, 2.45) is 0 Å². The number of hydrogen-bond acceptors (Lipinski definition) is 3. The van der Waals surface area contributed by atoms with E-state index in [0.29, 0.717) is 23.6 Å². The van der Waals surface area contributed by atoms with E-state index < -0.39 is 0 Å². The molecule has 1 amide bonds. The molecular weight excluding hydrogens is 290 g/mol. The van der Waals surface area contributed by atoms with Crippen molar-refractivity contribution >= 4 is 28.2 Å². The summed E-state index contributed by atoms with van der Waals surface area (Å²) >= 11 is 0. The monoisotopic (exact) mass is 309 g/mol. The lowest BCUT2D eigenvalue weighted by Gasteiger charge is -2.13. The van der Waals surface area contributed by atoms with Crippen LogP contribution in [0.4, 0.5) is 11.4 Å². The summed E-state index contributed by atoms with van der Waals surface area (Å²) in [6.07, 6.45) is 2.69. The molecule has 0 spiro atoms. The molecule has 0 aliphatic carbocycles. The molecular formula is C18H19N3O2. The van der Waals surface area contributed by atoms with Gasteiger partial charge in [-0.1, -0.05) is 19.1 Å². The van der Waals surface area contributed by atoms with E-state index in [2.05, 4.69) is 10.3 Å². The van der Waals surface area contributed by atoms with Crippen LogP contribution in [-0.4, -0.2) is 17.5 Å². The van der Waals surface area contributed by atoms with Gasteiger partial charge in [0.05, 0.1) is 23.5 Å². The number of para-hydroxylation sites is 1. The Morgan fingerprint density at radius 2 is 2.04 bits per heavy atom. The first-order valence-corrected chi connectivity index (χ1v) is 7.59. The Balaban J connectivity index is 1.92. The summed E-state index contributed by atoms with van der Waals surface area (Å²) in [6, 6.07) is 12.8. The molecule has 118 valence electrons. The van der Waals surface area contributed by atoms with Crippen LogP contribution in [0, 0.1) is 0 Å². The number of fused-ring (bicyclic) bond motifs is 1. The van der Waals surface area contributed by atoms with Crippen LogP contribution in [-0.2, 0) is 0 Å². The zero-order chi connectivity index (χ0) is 16.2. The van der Waals surface area contributed by atoms with E-state index in [1.165, 1.54) is 0 Å². The molecule has 1 aromatic heterocycles. The Morgan fingerprint density at radius 3 is 2.87 bits per heavy atom. The molecule has 0 bridgehead atoms. The number of aromatic amines is 1. The van der Waals surface area contributed by atoms with Crippen LogP contribution < -0.4 is 15.8 Å². The van der Waals surface area contributed by atoms with Gasteiger partial charge in [-0.15, -0.1) is 0 Å². The van der Waals surface area contributed by atoms with Gasteiger partial charge in [0, 0.05) is 17.1 Å². The lowest BCUT2D eigenvalue weighted by Crippen LogP contribution is -2.15. The van der Waals surface area contributed by atoms with E-state index in [4.69, 9.17) is 10.5 Å². The molecule has 23 heavy (non-hydrogen) atoms.